The summed E-state index contributed by atoms with van der Waals surface area (Å²) >= 11 is 0. The van der Waals surface area contributed by atoms with Crippen LogP contribution in [0.15, 0.2) is 18.2 Å². The molecule has 0 aliphatic carbocycles. The predicted octanol–water partition coefficient (Wildman–Crippen LogP) is 3.14. The lowest BCUT2D eigenvalue weighted by Gasteiger charge is -2.25. The van der Waals surface area contributed by atoms with E-state index in [4.69, 9.17) is 10.5 Å². The Kier molecular flexibility index (Phi) is 7.63. The Labute approximate surface area is 124 Å². The quantitative estimate of drug-likeness (QED) is 0.705. The van der Waals surface area contributed by atoms with Crippen LogP contribution in [0.2, 0.25) is 0 Å². The lowest BCUT2D eigenvalue weighted by Crippen LogP contribution is -2.28. The van der Waals surface area contributed by atoms with E-state index in [2.05, 4.69) is 43.9 Å². The van der Waals surface area contributed by atoms with E-state index < -0.39 is 0 Å². The first-order valence-corrected chi connectivity index (χ1v) is 7.80. The molecule has 0 saturated carbocycles. The standard InChI is InChI=1S/C17H30N2O/c1-5-16(18)13-15-8-9-17(14(4)12-15)19(6-2)10-11-20-7-3/h8-9,12,16H,5-7,10-11,13,18H2,1-4H3. The SMILES string of the molecule is CCOCCN(CC)c1ccc(CC(N)CC)cc1C. The van der Waals surface area contributed by atoms with Gasteiger partial charge in [0.2, 0.25) is 0 Å². The summed E-state index contributed by atoms with van der Waals surface area (Å²) in [6.07, 6.45) is 1.99. The molecule has 0 amide bonds. The summed E-state index contributed by atoms with van der Waals surface area (Å²) < 4.78 is 5.46. The molecule has 0 fully saturated rings. The van der Waals surface area contributed by atoms with Gasteiger partial charge in [-0.2, -0.15) is 0 Å². The zero-order valence-electron chi connectivity index (χ0n) is 13.5. The Morgan fingerprint density at radius 3 is 2.55 bits per heavy atom. The van der Waals surface area contributed by atoms with E-state index in [1.165, 1.54) is 16.8 Å². The zero-order chi connectivity index (χ0) is 15.0. The van der Waals surface area contributed by atoms with Gasteiger partial charge in [-0.05, 0) is 50.8 Å². The van der Waals surface area contributed by atoms with Gasteiger partial charge in [0.25, 0.3) is 0 Å². The molecule has 0 spiro atoms. The van der Waals surface area contributed by atoms with E-state index in [1.54, 1.807) is 0 Å². The Hall–Kier alpha value is -1.06. The Balaban J connectivity index is 2.74. The van der Waals surface area contributed by atoms with Crippen LogP contribution in [0.5, 0.6) is 0 Å². The molecule has 3 nitrogen and oxygen atoms in total. The molecule has 114 valence electrons. The molecular formula is C17H30N2O. The highest BCUT2D eigenvalue weighted by Gasteiger charge is 2.09. The second-order valence-corrected chi connectivity index (χ2v) is 5.27. The van der Waals surface area contributed by atoms with Gasteiger partial charge in [0.15, 0.2) is 0 Å². The summed E-state index contributed by atoms with van der Waals surface area (Å²) in [6.45, 7) is 12.1. The molecule has 1 aromatic rings. The van der Waals surface area contributed by atoms with E-state index in [-0.39, 0.29) is 6.04 Å². The van der Waals surface area contributed by atoms with Gasteiger partial charge in [0.1, 0.15) is 0 Å². The molecule has 0 bridgehead atoms. The number of likely N-dealkylation sites (N-methyl/N-ethyl adjacent to an activating group) is 1. The van der Waals surface area contributed by atoms with Crippen LogP contribution in [0.25, 0.3) is 0 Å². The highest BCUT2D eigenvalue weighted by atomic mass is 16.5. The van der Waals surface area contributed by atoms with Gasteiger partial charge >= 0.3 is 0 Å². The number of aryl methyl sites for hydroxylation is 1. The molecule has 2 N–H and O–H groups in total. The van der Waals surface area contributed by atoms with Crippen molar-refractivity contribution in [3.63, 3.8) is 0 Å². The molecule has 0 heterocycles. The first kappa shape index (κ1) is 17.0. The van der Waals surface area contributed by atoms with Gasteiger partial charge in [-0.1, -0.05) is 19.1 Å². The molecular weight excluding hydrogens is 248 g/mol. The lowest BCUT2D eigenvalue weighted by atomic mass is 10.0. The Morgan fingerprint density at radius 1 is 1.25 bits per heavy atom. The molecule has 0 aliphatic rings. The van der Waals surface area contributed by atoms with Crippen molar-refractivity contribution in [2.45, 2.75) is 46.6 Å². The molecule has 3 heteroatoms. The monoisotopic (exact) mass is 278 g/mol. The van der Waals surface area contributed by atoms with E-state index in [0.29, 0.717) is 0 Å². The number of anilines is 1. The van der Waals surface area contributed by atoms with Gasteiger partial charge in [0.05, 0.1) is 6.61 Å². The molecule has 20 heavy (non-hydrogen) atoms. The van der Waals surface area contributed by atoms with Crippen LogP contribution in [0.4, 0.5) is 5.69 Å². The highest BCUT2D eigenvalue weighted by molar-refractivity contribution is 5.54. The minimum absolute atomic E-state index is 0.264. The van der Waals surface area contributed by atoms with Crippen LogP contribution in [0.1, 0.15) is 38.3 Å². The van der Waals surface area contributed by atoms with Crippen molar-refractivity contribution in [2.24, 2.45) is 5.73 Å². The highest BCUT2D eigenvalue weighted by Crippen LogP contribution is 2.22. The van der Waals surface area contributed by atoms with Gasteiger partial charge in [-0.3, -0.25) is 0 Å². The maximum atomic E-state index is 6.03. The van der Waals surface area contributed by atoms with Crippen molar-refractivity contribution in [3.05, 3.63) is 29.3 Å². The fourth-order valence-electron chi connectivity index (χ4n) is 2.41. The summed E-state index contributed by atoms with van der Waals surface area (Å²) in [5.74, 6) is 0. The summed E-state index contributed by atoms with van der Waals surface area (Å²) in [5.41, 5.74) is 10.00. The van der Waals surface area contributed by atoms with Crippen molar-refractivity contribution in [3.8, 4) is 0 Å². The average molecular weight is 278 g/mol. The maximum absolute atomic E-state index is 6.03. The fraction of sp³-hybridized carbons (Fsp3) is 0.647. The number of nitrogens with zero attached hydrogens (tertiary/aromatic N) is 1. The average Bonchev–Trinajstić information content (AvgIpc) is 2.44. The smallest absolute Gasteiger partial charge is 0.0641 e. The number of hydrogen-bond acceptors (Lipinski definition) is 3. The predicted molar refractivity (Wildman–Crippen MR) is 87.5 cm³/mol. The Bertz CT molecular complexity index is 393. The Morgan fingerprint density at radius 2 is 2.00 bits per heavy atom. The summed E-state index contributed by atoms with van der Waals surface area (Å²) in [6, 6.07) is 6.97. The fourth-order valence-corrected chi connectivity index (χ4v) is 2.41. The van der Waals surface area contributed by atoms with Crippen molar-refractivity contribution >= 4 is 5.69 Å². The molecule has 0 radical (unpaired) electrons. The number of hydrogen-bond donors (Lipinski definition) is 1. The maximum Gasteiger partial charge on any atom is 0.0641 e. The van der Waals surface area contributed by atoms with Crippen LogP contribution in [-0.2, 0) is 11.2 Å². The van der Waals surface area contributed by atoms with Crippen molar-refractivity contribution in [1.82, 2.24) is 0 Å². The molecule has 0 aliphatic heterocycles. The normalized spacial score (nSPS) is 12.4. The van der Waals surface area contributed by atoms with Gasteiger partial charge in [0, 0.05) is 31.4 Å². The van der Waals surface area contributed by atoms with Crippen LogP contribution < -0.4 is 10.6 Å². The molecule has 1 unspecified atom stereocenters. The molecule has 0 aromatic heterocycles. The van der Waals surface area contributed by atoms with Crippen LogP contribution >= 0.6 is 0 Å². The van der Waals surface area contributed by atoms with E-state index in [1.807, 2.05) is 6.92 Å². The number of benzene rings is 1. The summed E-state index contributed by atoms with van der Waals surface area (Å²) in [5, 5.41) is 0. The van der Waals surface area contributed by atoms with Gasteiger partial charge in [-0.15, -0.1) is 0 Å². The summed E-state index contributed by atoms with van der Waals surface area (Å²) in [7, 11) is 0. The van der Waals surface area contributed by atoms with Crippen LogP contribution in [-0.4, -0.2) is 32.3 Å². The largest absolute Gasteiger partial charge is 0.380 e. The third-order valence-electron chi connectivity index (χ3n) is 3.72. The summed E-state index contributed by atoms with van der Waals surface area (Å²) in [4.78, 5) is 2.37. The van der Waals surface area contributed by atoms with E-state index >= 15 is 0 Å². The minimum Gasteiger partial charge on any atom is -0.380 e. The van der Waals surface area contributed by atoms with Crippen molar-refractivity contribution in [1.29, 1.82) is 0 Å². The van der Waals surface area contributed by atoms with Gasteiger partial charge < -0.3 is 15.4 Å². The number of ether oxygens (including phenoxy) is 1. The lowest BCUT2D eigenvalue weighted by molar-refractivity contribution is 0.154. The third kappa shape index (κ3) is 5.14. The van der Waals surface area contributed by atoms with E-state index in [9.17, 15) is 0 Å². The molecule has 1 rings (SSSR count). The van der Waals surface area contributed by atoms with E-state index in [0.717, 1.165) is 39.1 Å². The van der Waals surface area contributed by atoms with Crippen LogP contribution in [0.3, 0.4) is 0 Å². The van der Waals surface area contributed by atoms with Crippen molar-refractivity contribution in [2.75, 3.05) is 31.2 Å². The first-order chi connectivity index (χ1) is 9.62. The molecule has 1 atom stereocenters. The third-order valence-corrected chi connectivity index (χ3v) is 3.72. The number of rotatable bonds is 9. The number of nitrogens with two attached hydrogens (primary N) is 1. The zero-order valence-corrected chi connectivity index (χ0v) is 13.5. The van der Waals surface area contributed by atoms with Crippen molar-refractivity contribution < 1.29 is 4.74 Å². The second kappa shape index (κ2) is 8.98. The molecule has 0 saturated heterocycles. The second-order valence-electron chi connectivity index (χ2n) is 5.27. The first-order valence-electron chi connectivity index (χ1n) is 7.80. The van der Waals surface area contributed by atoms with Crippen LogP contribution in [0, 0.1) is 6.92 Å². The topological polar surface area (TPSA) is 38.5 Å². The molecule has 1 aromatic carbocycles. The van der Waals surface area contributed by atoms with Gasteiger partial charge in [-0.25, -0.2) is 0 Å². The minimum atomic E-state index is 0.264.